The maximum absolute atomic E-state index is 12.8. The van der Waals surface area contributed by atoms with Crippen LogP contribution in [-0.4, -0.2) is 25.5 Å². The molecule has 0 saturated heterocycles. The van der Waals surface area contributed by atoms with E-state index in [1.54, 1.807) is 23.9 Å². The topological polar surface area (TPSA) is 81.8 Å². The number of carbonyl (C=O) groups excluding carboxylic acids is 1. The normalized spacial score (nSPS) is 11.3. The van der Waals surface area contributed by atoms with Gasteiger partial charge in [0.2, 0.25) is 5.91 Å². The van der Waals surface area contributed by atoms with Crippen molar-refractivity contribution in [1.82, 2.24) is 19.6 Å². The Labute approximate surface area is 159 Å². The third kappa shape index (κ3) is 3.55. The number of nitrogens with one attached hydrogen (secondary N) is 1. The van der Waals surface area contributed by atoms with Crippen LogP contribution in [-0.2, 0) is 18.4 Å². The molecule has 0 spiro atoms. The quantitative estimate of drug-likeness (QED) is 0.707. The van der Waals surface area contributed by atoms with Crippen molar-refractivity contribution in [1.29, 1.82) is 0 Å². The van der Waals surface area contributed by atoms with E-state index in [4.69, 9.17) is 0 Å². The van der Waals surface area contributed by atoms with E-state index >= 15 is 0 Å². The Hall–Kier alpha value is -2.48. The number of aryl methyl sites for hydroxylation is 2. The van der Waals surface area contributed by atoms with Crippen LogP contribution in [0.2, 0.25) is 0 Å². The lowest BCUT2D eigenvalue weighted by Gasteiger charge is -2.13. The summed E-state index contributed by atoms with van der Waals surface area (Å²) in [6, 6.07) is 7.23. The van der Waals surface area contributed by atoms with Crippen molar-refractivity contribution >= 4 is 38.4 Å². The van der Waals surface area contributed by atoms with Crippen LogP contribution >= 0.6 is 15.9 Å². The maximum Gasteiger partial charge on any atom is 0.275 e. The lowest BCUT2D eigenvalue weighted by molar-refractivity contribution is -0.117. The minimum Gasteiger partial charge on any atom is -0.309 e. The maximum atomic E-state index is 12.8. The minimum atomic E-state index is -0.325. The van der Waals surface area contributed by atoms with Gasteiger partial charge in [-0.15, -0.1) is 0 Å². The molecule has 7 nitrogen and oxygen atoms in total. The number of benzene rings is 1. The summed E-state index contributed by atoms with van der Waals surface area (Å²) < 4.78 is 3.69. The second kappa shape index (κ2) is 7.03. The fourth-order valence-electron chi connectivity index (χ4n) is 2.86. The summed E-state index contributed by atoms with van der Waals surface area (Å²) in [6.07, 6.45) is 0. The zero-order valence-corrected chi connectivity index (χ0v) is 16.7. The molecule has 2 heterocycles. The summed E-state index contributed by atoms with van der Waals surface area (Å²) in [5.41, 5.74) is 1.30. The van der Waals surface area contributed by atoms with Crippen LogP contribution in [0.3, 0.4) is 0 Å². The first kappa shape index (κ1) is 18.3. The molecule has 1 N–H and O–H groups in total. The molecule has 1 aromatic carbocycles. The van der Waals surface area contributed by atoms with Crippen molar-refractivity contribution in [2.75, 3.05) is 5.32 Å². The highest BCUT2D eigenvalue weighted by Gasteiger charge is 2.16. The van der Waals surface area contributed by atoms with Crippen LogP contribution in [0.4, 0.5) is 5.82 Å². The van der Waals surface area contributed by atoms with E-state index in [1.165, 1.54) is 4.68 Å². The van der Waals surface area contributed by atoms with Gasteiger partial charge in [0.05, 0.1) is 16.8 Å². The van der Waals surface area contributed by atoms with Crippen molar-refractivity contribution in [3.8, 4) is 0 Å². The predicted octanol–water partition coefficient (Wildman–Crippen LogP) is 2.96. The van der Waals surface area contributed by atoms with E-state index in [1.807, 2.05) is 32.9 Å². The third-order valence-corrected chi connectivity index (χ3v) is 4.55. The molecule has 0 saturated carbocycles. The number of aromatic nitrogens is 4. The van der Waals surface area contributed by atoms with Gasteiger partial charge in [-0.1, -0.05) is 29.8 Å². The molecule has 136 valence electrons. The van der Waals surface area contributed by atoms with Crippen LogP contribution in [0.15, 0.2) is 33.5 Å². The molecular formula is C18H20BrN5O2. The zero-order chi connectivity index (χ0) is 19.0. The molecule has 0 atom stereocenters. The van der Waals surface area contributed by atoms with Gasteiger partial charge in [0.1, 0.15) is 12.4 Å². The largest absolute Gasteiger partial charge is 0.309 e. The molecule has 8 heteroatoms. The Bertz CT molecular complexity index is 1050. The second-order valence-corrected chi connectivity index (χ2v) is 7.45. The summed E-state index contributed by atoms with van der Waals surface area (Å²) in [4.78, 5) is 25.2. The number of anilines is 1. The van der Waals surface area contributed by atoms with E-state index < -0.39 is 0 Å². The van der Waals surface area contributed by atoms with Gasteiger partial charge in [0.15, 0.2) is 0 Å². The molecular weight excluding hydrogens is 398 g/mol. The predicted molar refractivity (Wildman–Crippen MR) is 104 cm³/mol. The van der Waals surface area contributed by atoms with Gasteiger partial charge in [0, 0.05) is 23.0 Å². The van der Waals surface area contributed by atoms with Crippen LogP contribution < -0.4 is 10.9 Å². The van der Waals surface area contributed by atoms with E-state index in [2.05, 4.69) is 31.4 Å². The number of fused-ring (bicyclic) bond motifs is 1. The average molecular weight is 418 g/mol. The molecule has 0 aliphatic carbocycles. The molecule has 1 amide bonds. The Morgan fingerprint density at radius 1 is 1.23 bits per heavy atom. The number of nitrogens with zero attached hydrogens (tertiary/aromatic N) is 4. The summed E-state index contributed by atoms with van der Waals surface area (Å²) in [5.74, 6) is 0.365. The first-order chi connectivity index (χ1) is 12.3. The van der Waals surface area contributed by atoms with E-state index in [0.29, 0.717) is 11.2 Å². The second-order valence-electron chi connectivity index (χ2n) is 6.54. The number of carbonyl (C=O) groups is 1. The van der Waals surface area contributed by atoms with Crippen molar-refractivity contribution in [2.45, 2.75) is 33.2 Å². The number of halogens is 1. The SMILES string of the molecule is Cc1cc(NC(=O)Cn2nc(C(C)C)c3cc(Br)ccc3c2=O)n(C)n1. The summed E-state index contributed by atoms with van der Waals surface area (Å²) >= 11 is 3.44. The Balaban J connectivity index is 1.98. The Kier molecular flexibility index (Phi) is 4.95. The molecule has 0 unspecified atom stereocenters. The summed E-state index contributed by atoms with van der Waals surface area (Å²) in [6.45, 7) is 5.71. The lowest BCUT2D eigenvalue weighted by Crippen LogP contribution is -2.31. The molecule has 3 aromatic rings. The minimum absolute atomic E-state index is 0.112. The Morgan fingerprint density at radius 2 is 1.96 bits per heavy atom. The summed E-state index contributed by atoms with van der Waals surface area (Å²) in [5, 5.41) is 12.8. The van der Waals surface area contributed by atoms with Crippen LogP contribution in [0.1, 0.15) is 31.2 Å². The highest BCUT2D eigenvalue weighted by Crippen LogP contribution is 2.24. The molecule has 2 aromatic heterocycles. The number of hydrogen-bond acceptors (Lipinski definition) is 4. The molecule has 0 radical (unpaired) electrons. The molecule has 3 rings (SSSR count). The number of hydrogen-bond donors (Lipinski definition) is 1. The lowest BCUT2D eigenvalue weighted by atomic mass is 10.0. The molecule has 0 aliphatic heterocycles. The van der Waals surface area contributed by atoms with Crippen LogP contribution in [0.25, 0.3) is 10.8 Å². The standard InChI is InChI=1S/C18H20BrN5O2/c1-10(2)17-14-8-12(19)5-6-13(14)18(26)24(22-17)9-16(25)20-15-7-11(3)21-23(15)4/h5-8,10H,9H2,1-4H3,(H,20,25). The van der Waals surface area contributed by atoms with Gasteiger partial charge >= 0.3 is 0 Å². The summed E-state index contributed by atoms with van der Waals surface area (Å²) in [7, 11) is 1.75. The molecule has 0 bridgehead atoms. The highest BCUT2D eigenvalue weighted by atomic mass is 79.9. The van der Waals surface area contributed by atoms with E-state index in [-0.39, 0.29) is 23.9 Å². The fraction of sp³-hybridized carbons (Fsp3) is 0.333. The van der Waals surface area contributed by atoms with Gasteiger partial charge in [-0.05, 0) is 31.0 Å². The third-order valence-electron chi connectivity index (χ3n) is 4.06. The van der Waals surface area contributed by atoms with Crippen molar-refractivity contribution in [3.05, 3.63) is 50.5 Å². The van der Waals surface area contributed by atoms with Gasteiger partial charge in [0.25, 0.3) is 5.56 Å². The van der Waals surface area contributed by atoms with Crippen LogP contribution in [0, 0.1) is 6.92 Å². The van der Waals surface area contributed by atoms with Gasteiger partial charge in [-0.2, -0.15) is 10.2 Å². The smallest absolute Gasteiger partial charge is 0.275 e. The molecule has 26 heavy (non-hydrogen) atoms. The average Bonchev–Trinajstić information content (AvgIpc) is 2.87. The fourth-order valence-corrected chi connectivity index (χ4v) is 3.22. The molecule has 0 aliphatic rings. The van der Waals surface area contributed by atoms with Crippen LogP contribution in [0.5, 0.6) is 0 Å². The first-order valence-electron chi connectivity index (χ1n) is 8.27. The highest BCUT2D eigenvalue weighted by molar-refractivity contribution is 9.10. The van der Waals surface area contributed by atoms with Crippen molar-refractivity contribution in [2.24, 2.45) is 7.05 Å². The number of amides is 1. The zero-order valence-electron chi connectivity index (χ0n) is 15.1. The Morgan fingerprint density at radius 3 is 2.58 bits per heavy atom. The van der Waals surface area contributed by atoms with E-state index in [9.17, 15) is 9.59 Å². The number of rotatable bonds is 4. The monoisotopic (exact) mass is 417 g/mol. The van der Waals surface area contributed by atoms with Gasteiger partial charge in [-0.25, -0.2) is 4.68 Å². The van der Waals surface area contributed by atoms with Crippen molar-refractivity contribution in [3.63, 3.8) is 0 Å². The van der Waals surface area contributed by atoms with Gasteiger partial charge < -0.3 is 5.32 Å². The van der Waals surface area contributed by atoms with Gasteiger partial charge in [-0.3, -0.25) is 14.3 Å². The van der Waals surface area contributed by atoms with Crippen molar-refractivity contribution < 1.29 is 4.79 Å². The first-order valence-corrected chi connectivity index (χ1v) is 9.06. The molecule has 0 fully saturated rings. The van der Waals surface area contributed by atoms with E-state index in [0.717, 1.165) is 21.2 Å².